The summed E-state index contributed by atoms with van der Waals surface area (Å²) in [4.78, 5) is 29.9. The van der Waals surface area contributed by atoms with E-state index in [4.69, 9.17) is 11.6 Å². The molecule has 1 aromatic rings. The van der Waals surface area contributed by atoms with Crippen LogP contribution in [-0.2, 0) is 4.79 Å². The first-order valence-corrected chi connectivity index (χ1v) is 7.56. The van der Waals surface area contributed by atoms with Gasteiger partial charge in [-0.3, -0.25) is 14.6 Å². The highest BCUT2D eigenvalue weighted by Gasteiger charge is 2.26. The summed E-state index contributed by atoms with van der Waals surface area (Å²) in [6.45, 7) is 5.10. The van der Waals surface area contributed by atoms with Crippen molar-refractivity contribution in [3.8, 4) is 0 Å². The second kappa shape index (κ2) is 6.89. The highest BCUT2D eigenvalue weighted by molar-refractivity contribution is 6.33. The van der Waals surface area contributed by atoms with Gasteiger partial charge in [-0.25, -0.2) is 0 Å². The molecule has 1 saturated heterocycles. The van der Waals surface area contributed by atoms with Gasteiger partial charge in [0.05, 0.1) is 10.6 Å². The third-order valence-corrected chi connectivity index (χ3v) is 3.88. The van der Waals surface area contributed by atoms with E-state index in [2.05, 4.69) is 10.3 Å². The molecule has 0 spiro atoms. The molecule has 5 nitrogen and oxygen atoms in total. The molecular weight excluding hydrogens is 290 g/mol. The molecule has 0 bridgehead atoms. The molecule has 1 atom stereocenters. The lowest BCUT2D eigenvalue weighted by molar-refractivity contribution is -0.135. The largest absolute Gasteiger partial charge is 0.347 e. The number of hydrogen-bond donors (Lipinski definition) is 1. The summed E-state index contributed by atoms with van der Waals surface area (Å²) in [5.41, 5.74) is 0.416. The SMILES string of the molecule is CC(C)C(=O)N1CCC[C@H](NC(=O)c2ccncc2Cl)C1. The minimum Gasteiger partial charge on any atom is -0.347 e. The molecule has 21 heavy (non-hydrogen) atoms. The lowest BCUT2D eigenvalue weighted by Crippen LogP contribution is -2.50. The van der Waals surface area contributed by atoms with Gasteiger partial charge >= 0.3 is 0 Å². The third kappa shape index (κ3) is 3.94. The van der Waals surface area contributed by atoms with Crippen LogP contribution in [0.15, 0.2) is 18.5 Å². The zero-order valence-electron chi connectivity index (χ0n) is 12.3. The van der Waals surface area contributed by atoms with E-state index in [1.807, 2.05) is 18.7 Å². The predicted molar refractivity (Wildman–Crippen MR) is 81.2 cm³/mol. The van der Waals surface area contributed by atoms with Gasteiger partial charge in [0.25, 0.3) is 5.91 Å². The Morgan fingerprint density at radius 2 is 2.24 bits per heavy atom. The number of nitrogens with zero attached hydrogens (tertiary/aromatic N) is 2. The summed E-state index contributed by atoms with van der Waals surface area (Å²) < 4.78 is 0. The Morgan fingerprint density at radius 1 is 1.48 bits per heavy atom. The van der Waals surface area contributed by atoms with E-state index >= 15 is 0 Å². The van der Waals surface area contributed by atoms with Crippen LogP contribution in [0.4, 0.5) is 0 Å². The van der Waals surface area contributed by atoms with Crippen molar-refractivity contribution in [2.45, 2.75) is 32.7 Å². The molecular formula is C15H20ClN3O2. The molecule has 114 valence electrons. The summed E-state index contributed by atoms with van der Waals surface area (Å²) in [6, 6.07) is 1.57. The van der Waals surface area contributed by atoms with Crippen molar-refractivity contribution in [2.75, 3.05) is 13.1 Å². The van der Waals surface area contributed by atoms with E-state index in [0.717, 1.165) is 19.4 Å². The minimum absolute atomic E-state index is 0.0194. The maximum Gasteiger partial charge on any atom is 0.253 e. The molecule has 2 rings (SSSR count). The van der Waals surface area contributed by atoms with Crippen LogP contribution in [0.5, 0.6) is 0 Å². The predicted octanol–water partition coefficient (Wildman–Crippen LogP) is 2.11. The zero-order valence-corrected chi connectivity index (χ0v) is 13.1. The van der Waals surface area contributed by atoms with Crippen LogP contribution in [0.2, 0.25) is 5.02 Å². The molecule has 2 heterocycles. The monoisotopic (exact) mass is 309 g/mol. The van der Waals surface area contributed by atoms with Crippen LogP contribution >= 0.6 is 11.6 Å². The van der Waals surface area contributed by atoms with Crippen molar-refractivity contribution >= 4 is 23.4 Å². The Kier molecular flexibility index (Phi) is 5.17. The van der Waals surface area contributed by atoms with Crippen LogP contribution in [0, 0.1) is 5.92 Å². The molecule has 0 radical (unpaired) electrons. The molecule has 1 aliphatic heterocycles. The number of carbonyl (C=O) groups is 2. The Labute approximate surface area is 129 Å². The highest BCUT2D eigenvalue weighted by Crippen LogP contribution is 2.16. The van der Waals surface area contributed by atoms with Gasteiger partial charge < -0.3 is 10.2 Å². The molecule has 6 heteroatoms. The Morgan fingerprint density at radius 3 is 2.90 bits per heavy atom. The van der Waals surface area contributed by atoms with Gasteiger partial charge in [-0.05, 0) is 18.9 Å². The van der Waals surface area contributed by atoms with Crippen molar-refractivity contribution in [3.05, 3.63) is 29.0 Å². The van der Waals surface area contributed by atoms with Gasteiger partial charge in [-0.15, -0.1) is 0 Å². The Bertz CT molecular complexity index is 533. The van der Waals surface area contributed by atoms with Gasteiger partial charge in [0.15, 0.2) is 0 Å². The highest BCUT2D eigenvalue weighted by atomic mass is 35.5. The molecule has 1 N–H and O–H groups in total. The summed E-state index contributed by atoms with van der Waals surface area (Å²) in [5, 5.41) is 3.29. The van der Waals surface area contributed by atoms with Gasteiger partial charge in [-0.1, -0.05) is 25.4 Å². The summed E-state index contributed by atoms with van der Waals surface area (Å²) in [5.74, 6) is -0.101. The van der Waals surface area contributed by atoms with Gasteiger partial charge in [-0.2, -0.15) is 0 Å². The topological polar surface area (TPSA) is 62.3 Å². The maximum atomic E-state index is 12.2. The average Bonchev–Trinajstić information content (AvgIpc) is 2.47. The Hall–Kier alpha value is -1.62. The quantitative estimate of drug-likeness (QED) is 0.930. The molecule has 0 saturated carbocycles. The Balaban J connectivity index is 1.98. The number of hydrogen-bond acceptors (Lipinski definition) is 3. The second-order valence-electron chi connectivity index (χ2n) is 5.61. The number of halogens is 1. The van der Waals surface area contributed by atoms with Crippen molar-refractivity contribution in [2.24, 2.45) is 5.92 Å². The fourth-order valence-corrected chi connectivity index (χ4v) is 2.69. The molecule has 0 aliphatic carbocycles. The normalized spacial score (nSPS) is 18.7. The molecule has 1 fully saturated rings. The zero-order chi connectivity index (χ0) is 15.4. The van der Waals surface area contributed by atoms with E-state index in [1.54, 1.807) is 6.07 Å². The minimum atomic E-state index is -0.216. The number of nitrogens with one attached hydrogen (secondary N) is 1. The van der Waals surface area contributed by atoms with E-state index in [0.29, 0.717) is 17.1 Å². The van der Waals surface area contributed by atoms with Crippen molar-refractivity contribution in [1.82, 2.24) is 15.2 Å². The average molecular weight is 310 g/mol. The van der Waals surface area contributed by atoms with Crippen LogP contribution in [0.25, 0.3) is 0 Å². The lowest BCUT2D eigenvalue weighted by Gasteiger charge is -2.34. The molecule has 0 unspecified atom stereocenters. The first kappa shape index (κ1) is 15.8. The summed E-state index contributed by atoms with van der Waals surface area (Å²) in [7, 11) is 0. The van der Waals surface area contributed by atoms with E-state index in [9.17, 15) is 9.59 Å². The maximum absolute atomic E-state index is 12.2. The van der Waals surface area contributed by atoms with Crippen molar-refractivity contribution in [1.29, 1.82) is 0 Å². The lowest BCUT2D eigenvalue weighted by atomic mass is 10.0. The number of pyridine rings is 1. The number of rotatable bonds is 3. The standard InChI is InChI=1S/C15H20ClN3O2/c1-10(2)15(21)19-7-3-4-11(9-19)18-14(20)12-5-6-17-8-13(12)16/h5-6,8,10-11H,3-4,7,9H2,1-2H3,(H,18,20)/t11-/m0/s1. The van der Waals surface area contributed by atoms with Crippen LogP contribution in [0.1, 0.15) is 37.0 Å². The fourth-order valence-electron chi connectivity index (χ4n) is 2.48. The van der Waals surface area contributed by atoms with Crippen LogP contribution in [0.3, 0.4) is 0 Å². The van der Waals surface area contributed by atoms with Crippen LogP contribution < -0.4 is 5.32 Å². The third-order valence-electron chi connectivity index (χ3n) is 3.58. The van der Waals surface area contributed by atoms with E-state index < -0.39 is 0 Å². The molecule has 1 aromatic heterocycles. The van der Waals surface area contributed by atoms with E-state index in [-0.39, 0.29) is 23.8 Å². The number of aromatic nitrogens is 1. The smallest absolute Gasteiger partial charge is 0.253 e. The first-order chi connectivity index (χ1) is 9.99. The molecule has 0 aromatic carbocycles. The molecule has 2 amide bonds. The van der Waals surface area contributed by atoms with Crippen molar-refractivity contribution < 1.29 is 9.59 Å². The van der Waals surface area contributed by atoms with Crippen LogP contribution in [-0.4, -0.2) is 40.8 Å². The van der Waals surface area contributed by atoms with Gasteiger partial charge in [0.1, 0.15) is 0 Å². The van der Waals surface area contributed by atoms with Crippen molar-refractivity contribution in [3.63, 3.8) is 0 Å². The second-order valence-corrected chi connectivity index (χ2v) is 6.01. The van der Waals surface area contributed by atoms with Gasteiger partial charge in [0.2, 0.25) is 5.91 Å². The van der Waals surface area contributed by atoms with Gasteiger partial charge in [0, 0.05) is 37.4 Å². The first-order valence-electron chi connectivity index (χ1n) is 7.18. The molecule has 1 aliphatic rings. The fraction of sp³-hybridized carbons (Fsp3) is 0.533. The van der Waals surface area contributed by atoms with E-state index in [1.165, 1.54) is 12.4 Å². The summed E-state index contributed by atoms with van der Waals surface area (Å²) in [6.07, 6.45) is 4.76. The number of carbonyl (C=O) groups excluding carboxylic acids is 2. The summed E-state index contributed by atoms with van der Waals surface area (Å²) >= 11 is 5.97. The number of amides is 2. The number of likely N-dealkylation sites (tertiary alicyclic amines) is 1. The number of piperidine rings is 1.